The van der Waals surface area contributed by atoms with Gasteiger partial charge in [0.2, 0.25) is 0 Å². The SMILES string of the molecule is C/C=C/CC(C/C=C/C)(C(=O)O)c1ccccc1. The first-order chi connectivity index (χ1) is 8.67. The van der Waals surface area contributed by atoms with Crippen molar-refractivity contribution in [3.63, 3.8) is 0 Å². The summed E-state index contributed by atoms with van der Waals surface area (Å²) in [5.41, 5.74) is -0.00556. The Hall–Kier alpha value is -1.83. The molecule has 0 amide bonds. The number of benzene rings is 1. The van der Waals surface area contributed by atoms with Gasteiger partial charge in [-0.25, -0.2) is 0 Å². The molecule has 0 spiro atoms. The van der Waals surface area contributed by atoms with Crippen molar-refractivity contribution in [3.8, 4) is 0 Å². The molecular formula is C16H20O2. The van der Waals surface area contributed by atoms with E-state index in [9.17, 15) is 9.90 Å². The number of allylic oxidation sites excluding steroid dienone is 4. The van der Waals surface area contributed by atoms with E-state index in [2.05, 4.69) is 0 Å². The zero-order valence-corrected chi connectivity index (χ0v) is 11.0. The summed E-state index contributed by atoms with van der Waals surface area (Å²) in [6.07, 6.45) is 8.65. The van der Waals surface area contributed by atoms with Crippen LogP contribution in [0, 0.1) is 0 Å². The second kappa shape index (κ2) is 6.80. The van der Waals surface area contributed by atoms with Gasteiger partial charge in [0.1, 0.15) is 0 Å². The fraction of sp³-hybridized carbons (Fsp3) is 0.312. The molecule has 0 saturated carbocycles. The van der Waals surface area contributed by atoms with E-state index in [4.69, 9.17) is 0 Å². The molecule has 96 valence electrons. The topological polar surface area (TPSA) is 37.3 Å². The zero-order chi connectivity index (χ0) is 13.4. The maximum absolute atomic E-state index is 11.8. The third-order valence-electron chi connectivity index (χ3n) is 3.14. The fourth-order valence-electron chi connectivity index (χ4n) is 2.01. The Morgan fingerprint density at radius 1 is 1.11 bits per heavy atom. The van der Waals surface area contributed by atoms with Crippen molar-refractivity contribution in [2.75, 3.05) is 0 Å². The Bertz CT molecular complexity index is 416. The van der Waals surface area contributed by atoms with E-state index in [1.807, 2.05) is 68.5 Å². The number of carbonyl (C=O) groups is 1. The summed E-state index contributed by atoms with van der Waals surface area (Å²) in [6.45, 7) is 3.82. The van der Waals surface area contributed by atoms with E-state index in [-0.39, 0.29) is 0 Å². The predicted octanol–water partition coefficient (Wildman–Crippen LogP) is 3.94. The van der Waals surface area contributed by atoms with Crippen LogP contribution in [-0.4, -0.2) is 11.1 Å². The van der Waals surface area contributed by atoms with Crippen molar-refractivity contribution >= 4 is 5.97 Å². The summed E-state index contributed by atoms with van der Waals surface area (Å²) in [5, 5.41) is 9.66. The van der Waals surface area contributed by atoms with Gasteiger partial charge in [0, 0.05) is 0 Å². The highest BCUT2D eigenvalue weighted by Crippen LogP contribution is 2.33. The first kappa shape index (κ1) is 14.2. The molecule has 0 fully saturated rings. The third-order valence-corrected chi connectivity index (χ3v) is 3.14. The van der Waals surface area contributed by atoms with Gasteiger partial charge >= 0.3 is 5.97 Å². The number of carboxylic acid groups (broad SMARTS) is 1. The molecule has 18 heavy (non-hydrogen) atoms. The van der Waals surface area contributed by atoms with Crippen LogP contribution < -0.4 is 0 Å². The molecule has 1 aromatic rings. The highest BCUT2D eigenvalue weighted by Gasteiger charge is 2.37. The second-order valence-corrected chi connectivity index (χ2v) is 4.30. The quantitative estimate of drug-likeness (QED) is 0.769. The molecule has 1 N–H and O–H groups in total. The van der Waals surface area contributed by atoms with Gasteiger partial charge in [-0.05, 0) is 32.3 Å². The Morgan fingerprint density at radius 2 is 1.61 bits per heavy atom. The molecule has 0 bridgehead atoms. The molecule has 1 aromatic carbocycles. The molecule has 0 saturated heterocycles. The van der Waals surface area contributed by atoms with Crippen molar-refractivity contribution < 1.29 is 9.90 Å². The molecular weight excluding hydrogens is 224 g/mol. The van der Waals surface area contributed by atoms with Crippen LogP contribution in [0.5, 0.6) is 0 Å². The minimum Gasteiger partial charge on any atom is -0.481 e. The predicted molar refractivity (Wildman–Crippen MR) is 74.6 cm³/mol. The molecule has 0 aliphatic rings. The maximum atomic E-state index is 11.8. The Morgan fingerprint density at radius 3 is 2.00 bits per heavy atom. The van der Waals surface area contributed by atoms with Gasteiger partial charge in [-0.1, -0.05) is 54.6 Å². The molecule has 1 rings (SSSR count). The van der Waals surface area contributed by atoms with E-state index in [0.29, 0.717) is 12.8 Å². The number of hydrogen-bond donors (Lipinski definition) is 1. The second-order valence-electron chi connectivity index (χ2n) is 4.30. The van der Waals surface area contributed by atoms with Gasteiger partial charge in [-0.15, -0.1) is 0 Å². The van der Waals surface area contributed by atoms with Gasteiger partial charge in [-0.2, -0.15) is 0 Å². The van der Waals surface area contributed by atoms with Gasteiger partial charge in [-0.3, -0.25) is 4.79 Å². The average Bonchev–Trinajstić information content (AvgIpc) is 2.40. The van der Waals surface area contributed by atoms with Gasteiger partial charge in [0.25, 0.3) is 0 Å². The molecule has 0 unspecified atom stereocenters. The Labute approximate surface area is 109 Å². The summed E-state index contributed by atoms with van der Waals surface area (Å²) in [5.74, 6) is -0.773. The van der Waals surface area contributed by atoms with Crippen molar-refractivity contribution in [2.45, 2.75) is 32.1 Å². The summed E-state index contributed by atoms with van der Waals surface area (Å²) >= 11 is 0. The number of rotatable bonds is 6. The lowest BCUT2D eigenvalue weighted by Crippen LogP contribution is -2.35. The van der Waals surface area contributed by atoms with Crippen LogP contribution in [-0.2, 0) is 10.2 Å². The van der Waals surface area contributed by atoms with Crippen molar-refractivity contribution in [3.05, 3.63) is 60.2 Å². The van der Waals surface area contributed by atoms with Crippen LogP contribution in [0.2, 0.25) is 0 Å². The standard InChI is InChI=1S/C16H20O2/c1-3-5-12-16(15(17)18,13-6-4-2)14-10-8-7-9-11-14/h3-11H,12-13H2,1-2H3,(H,17,18)/b5-3+,6-4+. The molecule has 0 atom stereocenters. The third kappa shape index (κ3) is 3.10. The van der Waals surface area contributed by atoms with Crippen LogP contribution in [0.1, 0.15) is 32.3 Å². The molecule has 0 aromatic heterocycles. The summed E-state index contributed by atoms with van der Waals surface area (Å²) in [4.78, 5) is 11.8. The van der Waals surface area contributed by atoms with E-state index in [0.717, 1.165) is 5.56 Å². The van der Waals surface area contributed by atoms with E-state index >= 15 is 0 Å². The largest absolute Gasteiger partial charge is 0.481 e. The highest BCUT2D eigenvalue weighted by molar-refractivity contribution is 5.82. The first-order valence-electron chi connectivity index (χ1n) is 6.18. The van der Waals surface area contributed by atoms with E-state index < -0.39 is 11.4 Å². The van der Waals surface area contributed by atoms with Crippen molar-refractivity contribution in [2.24, 2.45) is 0 Å². The van der Waals surface area contributed by atoms with Crippen LogP contribution >= 0.6 is 0 Å². The lowest BCUT2D eigenvalue weighted by atomic mass is 9.74. The van der Waals surface area contributed by atoms with E-state index in [1.54, 1.807) is 0 Å². The highest BCUT2D eigenvalue weighted by atomic mass is 16.4. The van der Waals surface area contributed by atoms with Gasteiger partial charge in [0.05, 0.1) is 5.41 Å². The van der Waals surface area contributed by atoms with Crippen LogP contribution in [0.3, 0.4) is 0 Å². The monoisotopic (exact) mass is 244 g/mol. The lowest BCUT2D eigenvalue weighted by molar-refractivity contribution is -0.143. The van der Waals surface area contributed by atoms with Crippen molar-refractivity contribution in [1.29, 1.82) is 0 Å². The number of carboxylic acids is 1. The van der Waals surface area contributed by atoms with Crippen molar-refractivity contribution in [1.82, 2.24) is 0 Å². The van der Waals surface area contributed by atoms with Gasteiger partial charge < -0.3 is 5.11 Å². The maximum Gasteiger partial charge on any atom is 0.314 e. The Balaban J connectivity index is 3.23. The minimum absolute atomic E-state index is 0.507. The Kier molecular flexibility index (Phi) is 5.37. The van der Waals surface area contributed by atoms with Gasteiger partial charge in [0.15, 0.2) is 0 Å². The average molecular weight is 244 g/mol. The fourth-order valence-corrected chi connectivity index (χ4v) is 2.01. The molecule has 0 heterocycles. The zero-order valence-electron chi connectivity index (χ0n) is 11.0. The molecule has 0 aliphatic carbocycles. The number of aliphatic carboxylic acids is 1. The van der Waals surface area contributed by atoms with Crippen LogP contribution in [0.15, 0.2) is 54.6 Å². The molecule has 2 nitrogen and oxygen atoms in total. The summed E-state index contributed by atoms with van der Waals surface area (Å²) in [6, 6.07) is 9.46. The first-order valence-corrected chi connectivity index (χ1v) is 6.18. The van der Waals surface area contributed by atoms with Crippen LogP contribution in [0.25, 0.3) is 0 Å². The smallest absolute Gasteiger partial charge is 0.314 e. The van der Waals surface area contributed by atoms with Crippen LogP contribution in [0.4, 0.5) is 0 Å². The molecule has 2 heteroatoms. The number of hydrogen-bond acceptors (Lipinski definition) is 1. The van der Waals surface area contributed by atoms with E-state index in [1.165, 1.54) is 0 Å². The summed E-state index contributed by atoms with van der Waals surface area (Å²) < 4.78 is 0. The lowest BCUT2D eigenvalue weighted by Gasteiger charge is -2.27. The molecule has 0 radical (unpaired) electrons. The normalized spacial score (nSPS) is 12.3. The molecule has 0 aliphatic heterocycles. The summed E-state index contributed by atoms with van der Waals surface area (Å²) in [7, 11) is 0. The minimum atomic E-state index is -0.861.